The predicted octanol–water partition coefficient (Wildman–Crippen LogP) is 3.69. The van der Waals surface area contributed by atoms with Gasteiger partial charge in [-0.05, 0) is 12.1 Å². The van der Waals surface area contributed by atoms with Crippen molar-refractivity contribution in [3.63, 3.8) is 0 Å². The number of halogens is 1. The van der Waals surface area contributed by atoms with Gasteiger partial charge in [-0.15, -0.1) is 0 Å². The van der Waals surface area contributed by atoms with Crippen LogP contribution < -0.4 is 4.90 Å². The first-order valence-electron chi connectivity index (χ1n) is 6.13. The molecular formula is C14H11ClN4O2. The maximum atomic E-state index is 11.2. The van der Waals surface area contributed by atoms with E-state index in [0.717, 1.165) is 5.69 Å². The zero-order valence-corrected chi connectivity index (χ0v) is 11.7. The van der Waals surface area contributed by atoms with Crippen LogP contribution in [0.25, 0.3) is 0 Å². The molecule has 0 fully saturated rings. The molecule has 0 atom stereocenters. The molecule has 1 aromatic carbocycles. The van der Waals surface area contributed by atoms with Gasteiger partial charge in [-0.1, -0.05) is 29.8 Å². The third-order valence-corrected chi connectivity index (χ3v) is 2.99. The SMILES string of the molecule is N#CCCN(c1ccccc1)c1ncc(Cl)cc1[N+](=O)[O-]. The summed E-state index contributed by atoms with van der Waals surface area (Å²) in [6.07, 6.45) is 1.57. The fourth-order valence-electron chi connectivity index (χ4n) is 1.89. The molecular weight excluding hydrogens is 292 g/mol. The van der Waals surface area contributed by atoms with E-state index < -0.39 is 4.92 Å². The molecule has 0 aliphatic rings. The van der Waals surface area contributed by atoms with Gasteiger partial charge >= 0.3 is 5.69 Å². The van der Waals surface area contributed by atoms with Crippen LogP contribution in [0, 0.1) is 21.4 Å². The maximum Gasteiger partial charge on any atom is 0.313 e. The summed E-state index contributed by atoms with van der Waals surface area (Å²) in [5.74, 6) is 0.172. The van der Waals surface area contributed by atoms with E-state index in [0.29, 0.717) is 6.54 Å². The molecule has 2 aromatic rings. The highest BCUT2D eigenvalue weighted by Crippen LogP contribution is 2.33. The molecule has 21 heavy (non-hydrogen) atoms. The highest BCUT2D eigenvalue weighted by atomic mass is 35.5. The summed E-state index contributed by atoms with van der Waals surface area (Å²) >= 11 is 5.78. The van der Waals surface area contributed by atoms with Crippen LogP contribution in [-0.2, 0) is 0 Å². The second-order valence-corrected chi connectivity index (χ2v) is 4.59. The van der Waals surface area contributed by atoms with Crippen molar-refractivity contribution in [1.29, 1.82) is 5.26 Å². The predicted molar refractivity (Wildman–Crippen MR) is 79.6 cm³/mol. The second kappa shape index (κ2) is 6.68. The standard InChI is InChI=1S/C14H11ClN4O2/c15-11-9-13(19(20)21)14(17-10-11)18(8-4-7-16)12-5-2-1-3-6-12/h1-3,5-6,9-10H,4,8H2. The first kappa shape index (κ1) is 14.8. The monoisotopic (exact) mass is 302 g/mol. The Morgan fingerprint density at radius 1 is 1.38 bits per heavy atom. The van der Waals surface area contributed by atoms with Gasteiger partial charge in [-0.2, -0.15) is 5.26 Å². The molecule has 7 heteroatoms. The number of benzene rings is 1. The summed E-state index contributed by atoms with van der Waals surface area (Å²) in [6.45, 7) is 0.302. The van der Waals surface area contributed by atoms with Gasteiger partial charge in [0.05, 0.1) is 22.4 Å². The molecule has 106 valence electrons. The van der Waals surface area contributed by atoms with Crippen molar-refractivity contribution in [3.05, 3.63) is 57.7 Å². The summed E-state index contributed by atoms with van der Waals surface area (Å²) in [6, 6.07) is 12.4. The van der Waals surface area contributed by atoms with Gasteiger partial charge in [-0.3, -0.25) is 10.1 Å². The van der Waals surface area contributed by atoms with Crippen molar-refractivity contribution >= 4 is 28.8 Å². The molecule has 0 spiro atoms. The second-order valence-electron chi connectivity index (χ2n) is 4.15. The number of para-hydroxylation sites is 1. The Bertz CT molecular complexity index is 685. The minimum Gasteiger partial charge on any atom is -0.320 e. The zero-order valence-electron chi connectivity index (χ0n) is 10.9. The first-order chi connectivity index (χ1) is 10.1. The molecule has 2 rings (SSSR count). The summed E-state index contributed by atoms with van der Waals surface area (Å²) in [5.41, 5.74) is 0.537. The lowest BCUT2D eigenvalue weighted by Gasteiger charge is -2.22. The number of nitriles is 1. The van der Waals surface area contributed by atoms with Crippen molar-refractivity contribution in [2.24, 2.45) is 0 Å². The van der Waals surface area contributed by atoms with Crippen LogP contribution in [0.3, 0.4) is 0 Å². The van der Waals surface area contributed by atoms with Crippen LogP contribution in [0.1, 0.15) is 6.42 Å². The Hall–Kier alpha value is -2.65. The Kier molecular flexibility index (Phi) is 4.69. The largest absolute Gasteiger partial charge is 0.320 e. The average molecular weight is 303 g/mol. The number of rotatable bonds is 5. The van der Waals surface area contributed by atoms with Crippen LogP contribution in [-0.4, -0.2) is 16.5 Å². The van der Waals surface area contributed by atoms with E-state index in [2.05, 4.69) is 4.98 Å². The van der Waals surface area contributed by atoms with Gasteiger partial charge in [0, 0.05) is 24.5 Å². The summed E-state index contributed by atoms with van der Waals surface area (Å²) < 4.78 is 0. The molecule has 0 saturated carbocycles. The molecule has 0 aliphatic carbocycles. The number of nitrogens with zero attached hydrogens (tertiary/aromatic N) is 4. The van der Waals surface area contributed by atoms with E-state index in [-0.39, 0.29) is 22.9 Å². The third kappa shape index (κ3) is 3.46. The van der Waals surface area contributed by atoms with Gasteiger partial charge in [0.15, 0.2) is 0 Å². The number of nitro groups is 1. The van der Waals surface area contributed by atoms with Crippen LogP contribution in [0.2, 0.25) is 5.02 Å². The molecule has 0 saturated heterocycles. The molecule has 0 amide bonds. The zero-order chi connectivity index (χ0) is 15.2. The fourth-order valence-corrected chi connectivity index (χ4v) is 2.04. The number of aromatic nitrogens is 1. The molecule has 0 aliphatic heterocycles. The van der Waals surface area contributed by atoms with E-state index in [1.807, 2.05) is 24.3 Å². The van der Waals surface area contributed by atoms with Gasteiger partial charge < -0.3 is 4.90 Å². The van der Waals surface area contributed by atoms with Crippen LogP contribution in [0.5, 0.6) is 0 Å². The smallest absolute Gasteiger partial charge is 0.313 e. The summed E-state index contributed by atoms with van der Waals surface area (Å²) in [7, 11) is 0. The van der Waals surface area contributed by atoms with Crippen molar-refractivity contribution in [3.8, 4) is 6.07 Å². The van der Waals surface area contributed by atoms with Gasteiger partial charge in [0.25, 0.3) is 0 Å². The number of hydrogen-bond donors (Lipinski definition) is 0. The van der Waals surface area contributed by atoms with E-state index in [1.54, 1.807) is 17.0 Å². The molecule has 0 unspecified atom stereocenters. The normalized spacial score (nSPS) is 9.90. The van der Waals surface area contributed by atoms with Crippen LogP contribution in [0.4, 0.5) is 17.2 Å². The van der Waals surface area contributed by atoms with Crippen LogP contribution >= 0.6 is 11.6 Å². The van der Waals surface area contributed by atoms with Crippen molar-refractivity contribution < 1.29 is 4.92 Å². The minimum absolute atomic E-state index is 0.172. The van der Waals surface area contributed by atoms with Crippen molar-refractivity contribution in [2.75, 3.05) is 11.4 Å². The van der Waals surface area contributed by atoms with E-state index in [4.69, 9.17) is 16.9 Å². The Balaban J connectivity index is 2.52. The summed E-state index contributed by atoms with van der Waals surface area (Å²) in [5, 5.41) is 20.2. The first-order valence-corrected chi connectivity index (χ1v) is 6.50. The highest BCUT2D eigenvalue weighted by molar-refractivity contribution is 6.30. The van der Waals surface area contributed by atoms with Gasteiger partial charge in [0.1, 0.15) is 0 Å². The number of hydrogen-bond acceptors (Lipinski definition) is 5. The number of anilines is 2. The van der Waals surface area contributed by atoms with Gasteiger partial charge in [0.2, 0.25) is 5.82 Å². The Labute approximate surface area is 126 Å². The fraction of sp³-hybridized carbons (Fsp3) is 0.143. The molecule has 0 N–H and O–H groups in total. The topological polar surface area (TPSA) is 83.1 Å². The summed E-state index contributed by atoms with van der Waals surface area (Å²) in [4.78, 5) is 16.4. The minimum atomic E-state index is -0.531. The third-order valence-electron chi connectivity index (χ3n) is 2.78. The van der Waals surface area contributed by atoms with E-state index in [1.165, 1.54) is 12.3 Å². The average Bonchev–Trinajstić information content (AvgIpc) is 2.49. The van der Waals surface area contributed by atoms with Crippen molar-refractivity contribution in [2.45, 2.75) is 6.42 Å². The van der Waals surface area contributed by atoms with E-state index in [9.17, 15) is 10.1 Å². The highest BCUT2D eigenvalue weighted by Gasteiger charge is 2.22. The molecule has 0 bridgehead atoms. The Morgan fingerprint density at radius 2 is 2.10 bits per heavy atom. The Morgan fingerprint density at radius 3 is 2.71 bits per heavy atom. The van der Waals surface area contributed by atoms with Gasteiger partial charge in [-0.25, -0.2) is 4.98 Å². The van der Waals surface area contributed by atoms with Crippen LogP contribution in [0.15, 0.2) is 42.6 Å². The molecule has 0 radical (unpaired) electrons. The maximum absolute atomic E-state index is 11.2. The van der Waals surface area contributed by atoms with Crippen molar-refractivity contribution in [1.82, 2.24) is 4.98 Å². The molecule has 6 nitrogen and oxygen atoms in total. The molecule has 1 aromatic heterocycles. The number of pyridine rings is 1. The van der Waals surface area contributed by atoms with E-state index >= 15 is 0 Å². The lowest BCUT2D eigenvalue weighted by molar-refractivity contribution is -0.384. The lowest BCUT2D eigenvalue weighted by Crippen LogP contribution is -2.20. The lowest BCUT2D eigenvalue weighted by atomic mass is 10.2. The quantitative estimate of drug-likeness (QED) is 0.621. The molecule has 1 heterocycles.